The molecule has 2 nitrogen and oxygen atoms in total. The van der Waals surface area contributed by atoms with E-state index in [0.717, 1.165) is 6.42 Å². The molecule has 0 saturated heterocycles. The quantitative estimate of drug-likeness (QED) is 0.855. The molecule has 0 fully saturated rings. The standard InChI is InChI=1S/C16H23NO/c1-4-5-6-14-11-17(9-10-18)16-13(3)8-7-12(2)15(14)16/h7-8,11,18H,4-6,9-10H2,1-3H3. The maximum Gasteiger partial charge on any atom is 0.0610 e. The molecule has 0 amide bonds. The first kappa shape index (κ1) is 13.2. The van der Waals surface area contributed by atoms with Gasteiger partial charge in [-0.1, -0.05) is 25.5 Å². The molecule has 0 unspecified atom stereocenters. The zero-order valence-electron chi connectivity index (χ0n) is 11.7. The first-order valence-electron chi connectivity index (χ1n) is 6.87. The van der Waals surface area contributed by atoms with Gasteiger partial charge in [0.15, 0.2) is 0 Å². The number of hydrogen-bond acceptors (Lipinski definition) is 1. The first-order chi connectivity index (χ1) is 8.69. The van der Waals surface area contributed by atoms with Gasteiger partial charge < -0.3 is 9.67 Å². The largest absolute Gasteiger partial charge is 0.395 e. The van der Waals surface area contributed by atoms with E-state index in [1.807, 2.05) is 0 Å². The van der Waals surface area contributed by atoms with Crippen molar-refractivity contribution in [1.29, 1.82) is 0 Å². The number of aliphatic hydroxyl groups is 1. The Morgan fingerprint density at radius 1 is 1.17 bits per heavy atom. The molecule has 0 bridgehead atoms. The Balaban J connectivity index is 2.60. The normalized spacial score (nSPS) is 11.3. The highest BCUT2D eigenvalue weighted by molar-refractivity contribution is 5.89. The molecule has 0 aliphatic rings. The molecule has 0 atom stereocenters. The number of aryl methyl sites for hydroxylation is 3. The second-order valence-electron chi connectivity index (χ2n) is 5.10. The molecule has 18 heavy (non-hydrogen) atoms. The highest BCUT2D eigenvalue weighted by atomic mass is 16.3. The van der Waals surface area contributed by atoms with Crippen LogP contribution in [0, 0.1) is 13.8 Å². The number of aromatic nitrogens is 1. The van der Waals surface area contributed by atoms with Gasteiger partial charge in [0.05, 0.1) is 12.1 Å². The minimum Gasteiger partial charge on any atom is -0.395 e. The number of rotatable bonds is 5. The van der Waals surface area contributed by atoms with Crippen LogP contribution in [0.5, 0.6) is 0 Å². The number of unbranched alkanes of at least 4 members (excludes halogenated alkanes) is 1. The molecule has 0 radical (unpaired) electrons. The lowest BCUT2D eigenvalue weighted by molar-refractivity contribution is 0.278. The molecular formula is C16H23NO. The van der Waals surface area contributed by atoms with Gasteiger partial charge in [0.25, 0.3) is 0 Å². The summed E-state index contributed by atoms with van der Waals surface area (Å²) >= 11 is 0. The summed E-state index contributed by atoms with van der Waals surface area (Å²) in [5.41, 5.74) is 5.38. The van der Waals surface area contributed by atoms with E-state index in [-0.39, 0.29) is 6.61 Å². The second kappa shape index (κ2) is 5.57. The molecular weight excluding hydrogens is 222 g/mol. The molecule has 0 aliphatic heterocycles. The molecule has 1 aromatic heterocycles. The van der Waals surface area contributed by atoms with Gasteiger partial charge in [-0.2, -0.15) is 0 Å². The van der Waals surface area contributed by atoms with Gasteiger partial charge in [0.1, 0.15) is 0 Å². The SMILES string of the molecule is CCCCc1cn(CCO)c2c(C)ccc(C)c12. The van der Waals surface area contributed by atoms with Crippen LogP contribution in [0.15, 0.2) is 18.3 Å². The zero-order chi connectivity index (χ0) is 13.1. The molecule has 1 heterocycles. The summed E-state index contributed by atoms with van der Waals surface area (Å²) in [5.74, 6) is 0. The summed E-state index contributed by atoms with van der Waals surface area (Å²) < 4.78 is 2.21. The number of benzene rings is 1. The van der Waals surface area contributed by atoms with Gasteiger partial charge in [-0.05, 0) is 43.4 Å². The minimum atomic E-state index is 0.199. The van der Waals surface area contributed by atoms with Crippen LogP contribution in [0.2, 0.25) is 0 Å². The fourth-order valence-corrected chi connectivity index (χ4v) is 2.73. The number of hydrogen-bond donors (Lipinski definition) is 1. The van der Waals surface area contributed by atoms with Crippen molar-refractivity contribution < 1.29 is 5.11 Å². The van der Waals surface area contributed by atoms with E-state index < -0.39 is 0 Å². The van der Waals surface area contributed by atoms with Crippen LogP contribution in [0.1, 0.15) is 36.5 Å². The summed E-state index contributed by atoms with van der Waals surface area (Å²) in [7, 11) is 0. The van der Waals surface area contributed by atoms with Crippen LogP contribution in [-0.4, -0.2) is 16.3 Å². The Hall–Kier alpha value is -1.28. The smallest absolute Gasteiger partial charge is 0.0610 e. The predicted molar refractivity (Wildman–Crippen MR) is 77.1 cm³/mol. The summed E-state index contributed by atoms with van der Waals surface area (Å²) in [5, 5.41) is 10.6. The molecule has 98 valence electrons. The van der Waals surface area contributed by atoms with E-state index in [1.165, 1.54) is 40.4 Å². The van der Waals surface area contributed by atoms with Gasteiger partial charge in [-0.25, -0.2) is 0 Å². The highest BCUT2D eigenvalue weighted by Gasteiger charge is 2.12. The third-order valence-corrected chi connectivity index (χ3v) is 3.65. The van der Waals surface area contributed by atoms with Gasteiger partial charge in [-0.15, -0.1) is 0 Å². The Labute approximate surface area is 109 Å². The molecule has 2 aromatic rings. The van der Waals surface area contributed by atoms with Crippen LogP contribution in [0.3, 0.4) is 0 Å². The summed E-state index contributed by atoms with van der Waals surface area (Å²) in [4.78, 5) is 0. The van der Waals surface area contributed by atoms with Crippen molar-refractivity contribution in [3.05, 3.63) is 35.0 Å². The molecule has 0 spiro atoms. The van der Waals surface area contributed by atoms with E-state index >= 15 is 0 Å². The van der Waals surface area contributed by atoms with Crippen LogP contribution < -0.4 is 0 Å². The molecule has 1 N–H and O–H groups in total. The lowest BCUT2D eigenvalue weighted by Crippen LogP contribution is -2.01. The fourth-order valence-electron chi connectivity index (χ4n) is 2.73. The van der Waals surface area contributed by atoms with E-state index in [4.69, 9.17) is 0 Å². The van der Waals surface area contributed by atoms with Gasteiger partial charge in [0.2, 0.25) is 0 Å². The third kappa shape index (κ3) is 2.30. The minimum absolute atomic E-state index is 0.199. The highest BCUT2D eigenvalue weighted by Crippen LogP contribution is 2.28. The van der Waals surface area contributed by atoms with E-state index in [1.54, 1.807) is 0 Å². The average Bonchev–Trinajstić information content (AvgIpc) is 2.72. The fraction of sp³-hybridized carbons (Fsp3) is 0.500. The molecule has 0 saturated carbocycles. The van der Waals surface area contributed by atoms with E-state index in [9.17, 15) is 5.11 Å². The van der Waals surface area contributed by atoms with Crippen LogP contribution in [0.4, 0.5) is 0 Å². The topological polar surface area (TPSA) is 25.2 Å². The Bertz CT molecular complexity index is 540. The van der Waals surface area contributed by atoms with Crippen LogP contribution in [0.25, 0.3) is 10.9 Å². The van der Waals surface area contributed by atoms with E-state index in [2.05, 4.69) is 43.7 Å². The van der Waals surface area contributed by atoms with Crippen molar-refractivity contribution in [1.82, 2.24) is 4.57 Å². The molecule has 2 rings (SSSR count). The Kier molecular flexibility index (Phi) is 4.07. The van der Waals surface area contributed by atoms with Crippen LogP contribution in [-0.2, 0) is 13.0 Å². The third-order valence-electron chi connectivity index (χ3n) is 3.65. The number of fused-ring (bicyclic) bond motifs is 1. The maximum atomic E-state index is 9.20. The lowest BCUT2D eigenvalue weighted by atomic mass is 10.0. The van der Waals surface area contributed by atoms with Gasteiger partial charge in [-0.3, -0.25) is 0 Å². The number of nitrogens with zero attached hydrogens (tertiary/aromatic N) is 1. The van der Waals surface area contributed by atoms with E-state index in [0.29, 0.717) is 6.54 Å². The summed E-state index contributed by atoms with van der Waals surface area (Å²) in [6, 6.07) is 4.38. The summed E-state index contributed by atoms with van der Waals surface area (Å²) in [6.07, 6.45) is 5.81. The number of aliphatic hydroxyl groups excluding tert-OH is 1. The van der Waals surface area contributed by atoms with Crippen LogP contribution >= 0.6 is 0 Å². The van der Waals surface area contributed by atoms with Gasteiger partial charge >= 0.3 is 0 Å². The maximum absolute atomic E-state index is 9.20. The van der Waals surface area contributed by atoms with Crippen molar-refractivity contribution in [3.8, 4) is 0 Å². The monoisotopic (exact) mass is 245 g/mol. The Morgan fingerprint density at radius 3 is 2.56 bits per heavy atom. The van der Waals surface area contributed by atoms with Crippen molar-refractivity contribution in [3.63, 3.8) is 0 Å². The lowest BCUT2D eigenvalue weighted by Gasteiger charge is -2.07. The zero-order valence-corrected chi connectivity index (χ0v) is 11.7. The molecule has 1 aromatic carbocycles. The summed E-state index contributed by atoms with van der Waals surface area (Å²) in [6.45, 7) is 7.45. The average molecular weight is 245 g/mol. The van der Waals surface area contributed by atoms with Crippen molar-refractivity contribution in [2.75, 3.05) is 6.61 Å². The molecule has 0 aliphatic carbocycles. The molecule has 2 heteroatoms. The van der Waals surface area contributed by atoms with Gasteiger partial charge in [0, 0.05) is 18.1 Å². The predicted octanol–water partition coefficient (Wildman–Crippen LogP) is 3.59. The Morgan fingerprint density at radius 2 is 1.89 bits per heavy atom. The van der Waals surface area contributed by atoms with Crippen molar-refractivity contribution >= 4 is 10.9 Å². The van der Waals surface area contributed by atoms with Crippen molar-refractivity contribution in [2.24, 2.45) is 0 Å². The first-order valence-corrected chi connectivity index (χ1v) is 6.87. The van der Waals surface area contributed by atoms with Crippen molar-refractivity contribution in [2.45, 2.75) is 46.6 Å². The second-order valence-corrected chi connectivity index (χ2v) is 5.10.